The summed E-state index contributed by atoms with van der Waals surface area (Å²) in [6.45, 7) is 7.16. The van der Waals surface area contributed by atoms with Crippen molar-refractivity contribution < 1.29 is 14.3 Å². The smallest absolute Gasteiger partial charge is 0.258 e. The summed E-state index contributed by atoms with van der Waals surface area (Å²) in [7, 11) is 0. The van der Waals surface area contributed by atoms with Gasteiger partial charge in [0.25, 0.3) is 5.91 Å². The van der Waals surface area contributed by atoms with Crippen molar-refractivity contribution in [3.05, 3.63) is 59.7 Å². The number of ether oxygens (including phenoxy) is 2. The lowest BCUT2D eigenvalue weighted by Crippen LogP contribution is -2.32. The summed E-state index contributed by atoms with van der Waals surface area (Å²) in [6.07, 6.45) is 0. The van der Waals surface area contributed by atoms with Crippen molar-refractivity contribution in [3.63, 3.8) is 0 Å². The number of rotatable bonds is 8. The minimum atomic E-state index is -0.155. The zero-order valence-corrected chi connectivity index (χ0v) is 14.5. The molecule has 0 saturated heterocycles. The van der Waals surface area contributed by atoms with Crippen LogP contribution in [0.3, 0.4) is 0 Å². The predicted octanol–water partition coefficient (Wildman–Crippen LogP) is 3.69. The maximum Gasteiger partial charge on any atom is 0.258 e. The lowest BCUT2D eigenvalue weighted by molar-refractivity contribution is -0.123. The van der Waals surface area contributed by atoms with Crippen LogP contribution in [0, 0.1) is 6.92 Å². The Hall–Kier alpha value is -2.49. The number of hydrogen-bond acceptors (Lipinski definition) is 3. The summed E-state index contributed by atoms with van der Waals surface area (Å²) in [5.74, 6) is 1.79. The molecule has 0 spiro atoms. The van der Waals surface area contributed by atoms with Crippen molar-refractivity contribution in [2.24, 2.45) is 0 Å². The molecule has 0 saturated carbocycles. The Bertz CT molecular complexity index is 650. The average molecular weight is 327 g/mol. The van der Waals surface area contributed by atoms with Crippen LogP contribution in [0.4, 0.5) is 0 Å². The molecule has 0 aliphatic rings. The van der Waals surface area contributed by atoms with Gasteiger partial charge in [-0.25, -0.2) is 0 Å². The molecule has 0 radical (unpaired) electrons. The van der Waals surface area contributed by atoms with E-state index in [1.54, 1.807) is 0 Å². The van der Waals surface area contributed by atoms with Crippen molar-refractivity contribution >= 4 is 5.91 Å². The first-order valence-corrected chi connectivity index (χ1v) is 8.23. The van der Waals surface area contributed by atoms with E-state index in [9.17, 15) is 4.79 Å². The molecule has 1 amide bonds. The molecule has 2 aromatic rings. The molecule has 0 bridgehead atoms. The molecule has 0 aliphatic heterocycles. The van der Waals surface area contributed by atoms with E-state index in [4.69, 9.17) is 9.47 Å². The van der Waals surface area contributed by atoms with Gasteiger partial charge < -0.3 is 14.8 Å². The van der Waals surface area contributed by atoms with Crippen molar-refractivity contribution in [1.82, 2.24) is 5.32 Å². The molecule has 2 aromatic carbocycles. The fraction of sp³-hybridized carbons (Fsp3) is 0.350. The van der Waals surface area contributed by atoms with E-state index in [2.05, 4.69) is 25.2 Å². The van der Waals surface area contributed by atoms with Crippen molar-refractivity contribution in [2.45, 2.75) is 26.7 Å². The maximum atomic E-state index is 11.8. The highest BCUT2D eigenvalue weighted by atomic mass is 16.5. The summed E-state index contributed by atoms with van der Waals surface area (Å²) < 4.78 is 11.1. The molecular weight excluding hydrogens is 302 g/mol. The Kier molecular flexibility index (Phi) is 6.67. The molecule has 2 rings (SSSR count). The minimum Gasteiger partial charge on any atom is -0.492 e. The molecule has 4 nitrogen and oxygen atoms in total. The van der Waals surface area contributed by atoms with E-state index >= 15 is 0 Å². The van der Waals surface area contributed by atoms with Crippen LogP contribution in [0.2, 0.25) is 0 Å². The van der Waals surface area contributed by atoms with Gasteiger partial charge in [0.15, 0.2) is 6.61 Å². The topological polar surface area (TPSA) is 47.6 Å². The van der Waals surface area contributed by atoms with Crippen LogP contribution in [0.1, 0.15) is 30.9 Å². The summed E-state index contributed by atoms with van der Waals surface area (Å²) >= 11 is 0. The van der Waals surface area contributed by atoms with Crippen molar-refractivity contribution in [3.8, 4) is 11.5 Å². The number of nitrogens with one attached hydrogen (secondary N) is 1. The van der Waals surface area contributed by atoms with E-state index in [1.165, 1.54) is 11.1 Å². The van der Waals surface area contributed by atoms with E-state index in [0.717, 1.165) is 5.75 Å². The minimum absolute atomic E-state index is 0.00603. The van der Waals surface area contributed by atoms with Crippen LogP contribution >= 0.6 is 0 Å². The van der Waals surface area contributed by atoms with Crippen LogP contribution in [-0.4, -0.2) is 25.7 Å². The lowest BCUT2D eigenvalue weighted by atomic mass is 10.0. The molecule has 0 aromatic heterocycles. The molecular formula is C20H25NO3. The fourth-order valence-corrected chi connectivity index (χ4v) is 2.16. The van der Waals surface area contributed by atoms with E-state index in [0.29, 0.717) is 24.8 Å². The Balaban J connectivity index is 1.66. The Labute approximate surface area is 143 Å². The third-order valence-electron chi connectivity index (χ3n) is 3.61. The average Bonchev–Trinajstić information content (AvgIpc) is 2.58. The van der Waals surface area contributed by atoms with E-state index in [1.807, 2.05) is 49.4 Å². The van der Waals surface area contributed by atoms with Crippen LogP contribution < -0.4 is 14.8 Å². The van der Waals surface area contributed by atoms with Gasteiger partial charge in [-0.15, -0.1) is 0 Å². The standard InChI is InChI=1S/C20H25NO3/c1-15(2)17-5-4-6-19(13-17)24-14-20(22)21-11-12-23-18-9-7-16(3)8-10-18/h4-10,13,15H,11-12,14H2,1-3H3,(H,21,22). The van der Waals surface area contributed by atoms with Gasteiger partial charge >= 0.3 is 0 Å². The van der Waals surface area contributed by atoms with Crippen LogP contribution in [0.25, 0.3) is 0 Å². The Morgan fingerprint density at radius 1 is 1.04 bits per heavy atom. The van der Waals surface area contributed by atoms with Crippen LogP contribution in [0.15, 0.2) is 48.5 Å². The number of carbonyl (C=O) groups is 1. The second-order valence-corrected chi connectivity index (χ2v) is 6.03. The zero-order valence-electron chi connectivity index (χ0n) is 14.5. The molecule has 0 heterocycles. The molecule has 128 valence electrons. The first-order valence-electron chi connectivity index (χ1n) is 8.23. The number of benzene rings is 2. The lowest BCUT2D eigenvalue weighted by Gasteiger charge is -2.11. The third kappa shape index (κ3) is 5.95. The second kappa shape index (κ2) is 8.96. The number of aryl methyl sites for hydroxylation is 1. The number of carbonyl (C=O) groups excluding carboxylic acids is 1. The van der Waals surface area contributed by atoms with Gasteiger partial charge in [-0.1, -0.05) is 43.7 Å². The van der Waals surface area contributed by atoms with Crippen molar-refractivity contribution in [2.75, 3.05) is 19.8 Å². The first-order chi connectivity index (χ1) is 11.5. The summed E-state index contributed by atoms with van der Waals surface area (Å²) in [6, 6.07) is 15.7. The monoisotopic (exact) mass is 327 g/mol. The quantitative estimate of drug-likeness (QED) is 0.752. The third-order valence-corrected chi connectivity index (χ3v) is 3.61. The van der Waals surface area contributed by atoms with Gasteiger partial charge in [-0.2, -0.15) is 0 Å². The largest absolute Gasteiger partial charge is 0.492 e. The number of hydrogen-bond donors (Lipinski definition) is 1. The van der Waals surface area contributed by atoms with E-state index < -0.39 is 0 Å². The van der Waals surface area contributed by atoms with Crippen LogP contribution in [-0.2, 0) is 4.79 Å². The predicted molar refractivity (Wildman–Crippen MR) is 95.7 cm³/mol. The number of amides is 1. The molecule has 0 unspecified atom stereocenters. The Morgan fingerprint density at radius 2 is 1.79 bits per heavy atom. The SMILES string of the molecule is Cc1ccc(OCCNC(=O)COc2cccc(C(C)C)c2)cc1. The highest BCUT2D eigenvalue weighted by Crippen LogP contribution is 2.19. The van der Waals surface area contributed by atoms with Gasteiger partial charge in [0, 0.05) is 0 Å². The highest BCUT2D eigenvalue weighted by molar-refractivity contribution is 5.77. The van der Waals surface area contributed by atoms with Gasteiger partial charge in [0.1, 0.15) is 18.1 Å². The molecule has 4 heteroatoms. The molecule has 0 fully saturated rings. The maximum absolute atomic E-state index is 11.8. The van der Waals surface area contributed by atoms with Gasteiger partial charge in [0.2, 0.25) is 0 Å². The van der Waals surface area contributed by atoms with E-state index in [-0.39, 0.29) is 12.5 Å². The van der Waals surface area contributed by atoms with Crippen molar-refractivity contribution in [1.29, 1.82) is 0 Å². The van der Waals surface area contributed by atoms with Gasteiger partial charge in [-0.05, 0) is 42.7 Å². The van der Waals surface area contributed by atoms with Gasteiger partial charge in [-0.3, -0.25) is 4.79 Å². The Morgan fingerprint density at radius 3 is 2.50 bits per heavy atom. The second-order valence-electron chi connectivity index (χ2n) is 6.03. The molecule has 0 aliphatic carbocycles. The molecule has 24 heavy (non-hydrogen) atoms. The normalized spacial score (nSPS) is 10.5. The van der Waals surface area contributed by atoms with Crippen LogP contribution in [0.5, 0.6) is 11.5 Å². The fourth-order valence-electron chi connectivity index (χ4n) is 2.16. The molecule has 0 atom stereocenters. The summed E-state index contributed by atoms with van der Waals surface area (Å²) in [5.41, 5.74) is 2.38. The highest BCUT2D eigenvalue weighted by Gasteiger charge is 2.04. The summed E-state index contributed by atoms with van der Waals surface area (Å²) in [5, 5.41) is 2.78. The first kappa shape index (κ1) is 17.9. The molecule has 1 N–H and O–H groups in total. The summed E-state index contributed by atoms with van der Waals surface area (Å²) in [4.78, 5) is 11.8. The zero-order chi connectivity index (χ0) is 17.4. The van der Waals surface area contributed by atoms with Gasteiger partial charge in [0.05, 0.1) is 6.54 Å².